The average molecular weight is 310 g/mol. The van der Waals surface area contributed by atoms with Gasteiger partial charge in [0.25, 0.3) is 0 Å². The number of hydrogen-bond acceptors (Lipinski definition) is 3. The lowest BCUT2D eigenvalue weighted by Crippen LogP contribution is -2.36. The van der Waals surface area contributed by atoms with Gasteiger partial charge in [0.2, 0.25) is 10.0 Å². The van der Waals surface area contributed by atoms with Crippen molar-refractivity contribution < 1.29 is 8.42 Å². The number of benzene rings is 1. The van der Waals surface area contributed by atoms with Crippen molar-refractivity contribution in [2.75, 3.05) is 14.1 Å². The number of nitrogens with zero attached hydrogens (tertiary/aromatic N) is 1. The van der Waals surface area contributed by atoms with Crippen LogP contribution in [0.3, 0.4) is 0 Å². The first-order valence-corrected chi connectivity index (χ1v) is 9.11. The smallest absolute Gasteiger partial charge is 0.243 e. The zero-order valence-electron chi connectivity index (χ0n) is 13.3. The van der Waals surface area contributed by atoms with E-state index in [4.69, 9.17) is 0 Å². The van der Waals surface area contributed by atoms with Gasteiger partial charge in [0.1, 0.15) is 0 Å². The Morgan fingerprint density at radius 1 is 1.38 bits per heavy atom. The normalized spacial score (nSPS) is 18.7. The number of rotatable bonds is 7. The Morgan fingerprint density at radius 2 is 2.05 bits per heavy atom. The number of hydrogen-bond donors (Lipinski definition) is 1. The summed E-state index contributed by atoms with van der Waals surface area (Å²) in [5.74, 6) is 0.522. The molecule has 0 bridgehead atoms. The lowest BCUT2D eigenvalue weighted by Gasteiger charge is -2.25. The molecule has 1 saturated carbocycles. The molecule has 0 aliphatic heterocycles. The maximum absolute atomic E-state index is 12.8. The van der Waals surface area contributed by atoms with Crippen molar-refractivity contribution in [3.05, 3.63) is 29.8 Å². The van der Waals surface area contributed by atoms with Crippen molar-refractivity contribution in [2.45, 2.75) is 50.1 Å². The van der Waals surface area contributed by atoms with E-state index in [1.165, 1.54) is 4.31 Å². The van der Waals surface area contributed by atoms with Crippen molar-refractivity contribution in [3.63, 3.8) is 0 Å². The van der Waals surface area contributed by atoms with Gasteiger partial charge in [0.15, 0.2) is 0 Å². The third kappa shape index (κ3) is 3.47. The van der Waals surface area contributed by atoms with E-state index < -0.39 is 10.0 Å². The highest BCUT2D eigenvalue weighted by Crippen LogP contribution is 2.36. The first-order valence-electron chi connectivity index (χ1n) is 7.67. The van der Waals surface area contributed by atoms with Gasteiger partial charge in [-0.05, 0) is 56.8 Å². The van der Waals surface area contributed by atoms with Gasteiger partial charge >= 0.3 is 0 Å². The molecule has 2 atom stereocenters. The average Bonchev–Trinajstić information content (AvgIpc) is 3.32. The highest BCUT2D eigenvalue weighted by molar-refractivity contribution is 7.89. The van der Waals surface area contributed by atoms with Crippen LogP contribution in [0.5, 0.6) is 0 Å². The molecule has 2 rings (SSSR count). The van der Waals surface area contributed by atoms with Gasteiger partial charge in [-0.1, -0.05) is 19.1 Å². The fourth-order valence-corrected chi connectivity index (χ4v) is 4.24. The van der Waals surface area contributed by atoms with Crippen LogP contribution < -0.4 is 5.32 Å². The summed E-state index contributed by atoms with van der Waals surface area (Å²) in [6, 6.07) is 7.57. The maximum atomic E-state index is 12.8. The largest absolute Gasteiger partial charge is 0.313 e. The predicted molar refractivity (Wildman–Crippen MR) is 85.7 cm³/mol. The molecule has 1 fully saturated rings. The van der Waals surface area contributed by atoms with Crippen LogP contribution in [0.15, 0.2) is 29.2 Å². The third-order valence-corrected chi connectivity index (χ3v) is 6.51. The fraction of sp³-hybridized carbons (Fsp3) is 0.625. The van der Waals surface area contributed by atoms with Crippen LogP contribution in [-0.2, 0) is 10.0 Å². The first-order chi connectivity index (χ1) is 9.91. The molecule has 1 aliphatic rings. The molecule has 21 heavy (non-hydrogen) atoms. The number of sulfonamides is 1. The summed E-state index contributed by atoms with van der Waals surface area (Å²) in [6.07, 6.45) is 3.20. The molecule has 1 aromatic rings. The van der Waals surface area contributed by atoms with Crippen molar-refractivity contribution in [2.24, 2.45) is 5.92 Å². The van der Waals surface area contributed by atoms with E-state index >= 15 is 0 Å². The molecular weight excluding hydrogens is 284 g/mol. The van der Waals surface area contributed by atoms with Crippen LogP contribution in [0.4, 0.5) is 0 Å². The molecule has 0 aromatic heterocycles. The van der Waals surface area contributed by atoms with Crippen LogP contribution in [-0.4, -0.2) is 32.9 Å². The topological polar surface area (TPSA) is 49.4 Å². The summed E-state index contributed by atoms with van der Waals surface area (Å²) in [5, 5.41) is 3.22. The van der Waals surface area contributed by atoms with Gasteiger partial charge in [-0.25, -0.2) is 8.42 Å². The van der Waals surface area contributed by atoms with Crippen LogP contribution in [0.1, 0.15) is 44.7 Å². The van der Waals surface area contributed by atoms with Gasteiger partial charge in [-0.2, -0.15) is 4.31 Å². The summed E-state index contributed by atoms with van der Waals surface area (Å²) in [7, 11) is 0.184. The molecule has 0 saturated heterocycles. The van der Waals surface area contributed by atoms with Crippen LogP contribution in [0.2, 0.25) is 0 Å². The van der Waals surface area contributed by atoms with E-state index in [0.29, 0.717) is 10.8 Å². The molecule has 0 amide bonds. The van der Waals surface area contributed by atoms with E-state index in [1.807, 2.05) is 26.1 Å². The standard InChI is InChI=1S/C16H26N2O2S/c1-5-16(17-3)14-7-6-8-15(11-14)21(19,20)18(4)12(2)13-9-10-13/h6-8,11-13,16-17H,5,9-10H2,1-4H3. The van der Waals surface area contributed by atoms with Gasteiger partial charge in [0.05, 0.1) is 4.90 Å². The monoisotopic (exact) mass is 310 g/mol. The Hall–Kier alpha value is -0.910. The molecular formula is C16H26N2O2S. The zero-order chi connectivity index (χ0) is 15.6. The molecule has 1 aliphatic carbocycles. The van der Waals surface area contributed by atoms with E-state index in [-0.39, 0.29) is 12.1 Å². The minimum atomic E-state index is -3.41. The summed E-state index contributed by atoms with van der Waals surface area (Å²) in [5.41, 5.74) is 1.02. The Bertz CT molecular complexity index is 578. The van der Waals surface area contributed by atoms with E-state index in [0.717, 1.165) is 24.8 Å². The van der Waals surface area contributed by atoms with Crippen LogP contribution >= 0.6 is 0 Å². The Morgan fingerprint density at radius 3 is 2.57 bits per heavy atom. The van der Waals surface area contributed by atoms with Crippen LogP contribution in [0, 0.1) is 5.92 Å². The molecule has 0 heterocycles. The summed E-state index contributed by atoms with van der Waals surface area (Å²) < 4.78 is 27.1. The predicted octanol–water partition coefficient (Wildman–Crippen LogP) is 2.78. The first kappa shape index (κ1) is 16.5. The van der Waals surface area contributed by atoms with Gasteiger partial charge in [0, 0.05) is 19.1 Å². The summed E-state index contributed by atoms with van der Waals surface area (Å²) in [4.78, 5) is 0.392. The zero-order valence-corrected chi connectivity index (χ0v) is 14.2. The minimum absolute atomic E-state index is 0.0740. The third-order valence-electron chi connectivity index (χ3n) is 4.57. The van der Waals surface area contributed by atoms with Gasteiger partial charge in [-0.3, -0.25) is 0 Å². The van der Waals surface area contributed by atoms with Crippen LogP contribution in [0.25, 0.3) is 0 Å². The SMILES string of the molecule is CCC(NC)c1cccc(S(=O)(=O)N(C)C(C)C2CC2)c1. The van der Waals surface area contributed by atoms with Crippen molar-refractivity contribution in [1.82, 2.24) is 9.62 Å². The Balaban J connectivity index is 2.29. The molecule has 4 nitrogen and oxygen atoms in total. The molecule has 2 unspecified atom stereocenters. The molecule has 0 spiro atoms. The Kier molecular flexibility index (Phi) is 5.07. The lowest BCUT2D eigenvalue weighted by molar-refractivity contribution is 0.357. The second-order valence-corrected chi connectivity index (χ2v) is 7.92. The second kappa shape index (κ2) is 6.46. The van der Waals surface area contributed by atoms with Gasteiger partial charge < -0.3 is 5.32 Å². The molecule has 118 valence electrons. The van der Waals surface area contributed by atoms with E-state index in [2.05, 4.69) is 12.2 Å². The molecule has 0 radical (unpaired) electrons. The lowest BCUT2D eigenvalue weighted by atomic mass is 10.1. The van der Waals surface area contributed by atoms with E-state index in [1.54, 1.807) is 19.2 Å². The molecule has 1 N–H and O–H groups in total. The summed E-state index contributed by atoms with van der Waals surface area (Å²) >= 11 is 0. The molecule has 5 heteroatoms. The van der Waals surface area contributed by atoms with Crippen molar-refractivity contribution >= 4 is 10.0 Å². The molecule has 1 aromatic carbocycles. The van der Waals surface area contributed by atoms with Crippen molar-refractivity contribution in [1.29, 1.82) is 0 Å². The van der Waals surface area contributed by atoms with Gasteiger partial charge in [-0.15, -0.1) is 0 Å². The minimum Gasteiger partial charge on any atom is -0.313 e. The highest BCUT2D eigenvalue weighted by Gasteiger charge is 2.36. The second-order valence-electron chi connectivity index (χ2n) is 5.92. The van der Waals surface area contributed by atoms with E-state index in [9.17, 15) is 8.42 Å². The maximum Gasteiger partial charge on any atom is 0.243 e. The Labute approximate surface area is 128 Å². The summed E-state index contributed by atoms with van der Waals surface area (Å²) in [6.45, 7) is 4.09. The quantitative estimate of drug-likeness (QED) is 0.842. The fourth-order valence-electron chi connectivity index (χ4n) is 2.76. The number of nitrogens with one attached hydrogen (secondary N) is 1. The van der Waals surface area contributed by atoms with Crippen molar-refractivity contribution in [3.8, 4) is 0 Å². The highest BCUT2D eigenvalue weighted by atomic mass is 32.2.